The fourth-order valence-corrected chi connectivity index (χ4v) is 1.94. The number of hydrogen-bond donors (Lipinski definition) is 1. The van der Waals surface area contributed by atoms with Gasteiger partial charge in [0.1, 0.15) is 5.75 Å². The summed E-state index contributed by atoms with van der Waals surface area (Å²) in [5.74, 6) is 1.33. The molecule has 2 aromatic rings. The number of aromatic nitrogens is 1. The van der Waals surface area contributed by atoms with Crippen LogP contribution in [0.25, 0.3) is 0 Å². The van der Waals surface area contributed by atoms with Crippen molar-refractivity contribution < 1.29 is 9.53 Å². The Morgan fingerprint density at radius 2 is 1.82 bits per heavy atom. The van der Waals surface area contributed by atoms with Crippen LogP contribution in [-0.4, -0.2) is 24.0 Å². The fraction of sp³-hybridized carbons (Fsp3) is 0.333. The van der Waals surface area contributed by atoms with Crippen molar-refractivity contribution in [3.05, 3.63) is 59.9 Å². The first-order valence-corrected chi connectivity index (χ1v) is 7.55. The first kappa shape index (κ1) is 16.0. The summed E-state index contributed by atoms with van der Waals surface area (Å²) >= 11 is 0. The van der Waals surface area contributed by atoms with Crippen LogP contribution in [0.1, 0.15) is 29.8 Å². The number of ether oxygens (including phenoxy) is 1. The van der Waals surface area contributed by atoms with Gasteiger partial charge >= 0.3 is 0 Å². The van der Waals surface area contributed by atoms with Crippen molar-refractivity contribution in [2.24, 2.45) is 5.92 Å². The van der Waals surface area contributed by atoms with Gasteiger partial charge in [0, 0.05) is 24.5 Å². The molecule has 0 saturated carbocycles. The maximum atomic E-state index is 11.9. The SMILES string of the molecule is CC(C)COc1ccc(CCNC(=O)c2ccncc2)cc1. The van der Waals surface area contributed by atoms with Crippen molar-refractivity contribution in [3.8, 4) is 5.75 Å². The van der Waals surface area contributed by atoms with Crippen molar-refractivity contribution >= 4 is 5.91 Å². The molecule has 22 heavy (non-hydrogen) atoms. The Morgan fingerprint density at radius 3 is 2.45 bits per heavy atom. The van der Waals surface area contributed by atoms with Crippen LogP contribution in [0, 0.1) is 5.92 Å². The molecule has 0 spiro atoms. The molecule has 0 saturated heterocycles. The monoisotopic (exact) mass is 298 g/mol. The van der Waals surface area contributed by atoms with Gasteiger partial charge in [0.2, 0.25) is 0 Å². The molecule has 116 valence electrons. The van der Waals surface area contributed by atoms with Crippen LogP contribution in [-0.2, 0) is 6.42 Å². The zero-order valence-electron chi connectivity index (χ0n) is 13.1. The molecule has 0 aliphatic heterocycles. The number of carbonyl (C=O) groups is 1. The van der Waals surface area contributed by atoms with Crippen LogP contribution in [0.15, 0.2) is 48.8 Å². The number of nitrogens with zero attached hydrogens (tertiary/aromatic N) is 1. The van der Waals surface area contributed by atoms with E-state index in [-0.39, 0.29) is 5.91 Å². The molecule has 0 fully saturated rings. The molecule has 1 aromatic heterocycles. The van der Waals surface area contributed by atoms with E-state index in [4.69, 9.17) is 4.74 Å². The first-order valence-electron chi connectivity index (χ1n) is 7.55. The summed E-state index contributed by atoms with van der Waals surface area (Å²) in [7, 11) is 0. The van der Waals surface area contributed by atoms with E-state index in [2.05, 4.69) is 24.1 Å². The molecule has 0 radical (unpaired) electrons. The van der Waals surface area contributed by atoms with Crippen molar-refractivity contribution in [2.45, 2.75) is 20.3 Å². The number of pyridine rings is 1. The maximum Gasteiger partial charge on any atom is 0.251 e. The molecule has 0 aliphatic carbocycles. The summed E-state index contributed by atoms with van der Waals surface area (Å²) in [5, 5.41) is 2.90. The minimum Gasteiger partial charge on any atom is -0.493 e. The highest BCUT2D eigenvalue weighted by Crippen LogP contribution is 2.13. The Bertz CT molecular complexity index is 580. The van der Waals surface area contributed by atoms with Gasteiger partial charge in [-0.05, 0) is 42.2 Å². The van der Waals surface area contributed by atoms with Crippen LogP contribution in [0.3, 0.4) is 0 Å². The summed E-state index contributed by atoms with van der Waals surface area (Å²) in [4.78, 5) is 15.8. The average Bonchev–Trinajstić information content (AvgIpc) is 2.55. The zero-order chi connectivity index (χ0) is 15.8. The smallest absolute Gasteiger partial charge is 0.251 e. The predicted octanol–water partition coefficient (Wildman–Crippen LogP) is 3.09. The Hall–Kier alpha value is -2.36. The van der Waals surface area contributed by atoms with Gasteiger partial charge in [0.15, 0.2) is 0 Å². The number of carbonyl (C=O) groups excluding carboxylic acids is 1. The van der Waals surface area contributed by atoms with Crippen molar-refractivity contribution in [1.82, 2.24) is 10.3 Å². The number of rotatable bonds is 7. The molecule has 0 bridgehead atoms. The van der Waals surface area contributed by atoms with E-state index >= 15 is 0 Å². The minimum absolute atomic E-state index is 0.0701. The van der Waals surface area contributed by atoms with E-state index in [1.807, 2.05) is 24.3 Å². The van der Waals surface area contributed by atoms with Crippen LogP contribution < -0.4 is 10.1 Å². The third kappa shape index (κ3) is 5.20. The lowest BCUT2D eigenvalue weighted by atomic mass is 10.1. The molecule has 0 unspecified atom stereocenters. The topological polar surface area (TPSA) is 51.2 Å². The van der Waals surface area contributed by atoms with Crippen molar-refractivity contribution in [2.75, 3.05) is 13.2 Å². The van der Waals surface area contributed by atoms with E-state index < -0.39 is 0 Å². The maximum absolute atomic E-state index is 11.9. The van der Waals surface area contributed by atoms with Gasteiger partial charge in [-0.2, -0.15) is 0 Å². The van der Waals surface area contributed by atoms with E-state index in [0.717, 1.165) is 18.8 Å². The molecule has 0 atom stereocenters. The molecule has 1 heterocycles. The number of nitrogens with one attached hydrogen (secondary N) is 1. The van der Waals surface area contributed by atoms with Crippen LogP contribution in [0.4, 0.5) is 0 Å². The predicted molar refractivity (Wildman–Crippen MR) is 87.0 cm³/mol. The van der Waals surface area contributed by atoms with Gasteiger partial charge in [0.05, 0.1) is 6.61 Å². The Balaban J connectivity index is 1.76. The van der Waals surface area contributed by atoms with Gasteiger partial charge < -0.3 is 10.1 Å². The van der Waals surface area contributed by atoms with Gasteiger partial charge in [-0.15, -0.1) is 0 Å². The van der Waals surface area contributed by atoms with E-state index in [0.29, 0.717) is 18.0 Å². The number of benzene rings is 1. The molecule has 0 aliphatic rings. The second kappa shape index (κ2) is 8.17. The highest BCUT2D eigenvalue weighted by atomic mass is 16.5. The van der Waals surface area contributed by atoms with E-state index in [1.54, 1.807) is 24.5 Å². The van der Waals surface area contributed by atoms with Gasteiger partial charge in [0.25, 0.3) is 5.91 Å². The number of amides is 1. The second-order valence-electron chi connectivity index (χ2n) is 5.59. The highest BCUT2D eigenvalue weighted by Gasteiger charge is 2.04. The molecule has 4 nitrogen and oxygen atoms in total. The van der Waals surface area contributed by atoms with Crippen molar-refractivity contribution in [3.63, 3.8) is 0 Å². The Kier molecular flexibility index (Phi) is 5.95. The fourth-order valence-electron chi connectivity index (χ4n) is 1.94. The molecule has 2 rings (SSSR count). The standard InChI is InChI=1S/C18H22N2O2/c1-14(2)13-22-17-5-3-15(4-6-17)7-12-20-18(21)16-8-10-19-11-9-16/h3-6,8-11,14H,7,12-13H2,1-2H3,(H,20,21). The highest BCUT2D eigenvalue weighted by molar-refractivity contribution is 5.93. The average molecular weight is 298 g/mol. The third-order valence-electron chi connectivity index (χ3n) is 3.15. The van der Waals surface area contributed by atoms with E-state index in [1.165, 1.54) is 5.56 Å². The summed E-state index contributed by atoms with van der Waals surface area (Å²) < 4.78 is 5.65. The second-order valence-corrected chi connectivity index (χ2v) is 5.59. The summed E-state index contributed by atoms with van der Waals surface area (Å²) in [5.41, 5.74) is 1.80. The van der Waals surface area contributed by atoms with Gasteiger partial charge in [-0.3, -0.25) is 9.78 Å². The first-order chi connectivity index (χ1) is 10.6. The van der Waals surface area contributed by atoms with E-state index in [9.17, 15) is 4.79 Å². The molecule has 1 aromatic carbocycles. The zero-order valence-corrected chi connectivity index (χ0v) is 13.1. The van der Waals surface area contributed by atoms with Crippen LogP contribution >= 0.6 is 0 Å². The van der Waals surface area contributed by atoms with Gasteiger partial charge in [-0.1, -0.05) is 26.0 Å². The molecule has 1 N–H and O–H groups in total. The lowest BCUT2D eigenvalue weighted by Gasteiger charge is -2.09. The van der Waals surface area contributed by atoms with Crippen molar-refractivity contribution in [1.29, 1.82) is 0 Å². The van der Waals surface area contributed by atoms with Gasteiger partial charge in [-0.25, -0.2) is 0 Å². The normalized spacial score (nSPS) is 10.5. The summed E-state index contributed by atoms with van der Waals surface area (Å²) in [6.45, 7) is 5.58. The molecular weight excluding hydrogens is 276 g/mol. The lowest BCUT2D eigenvalue weighted by Crippen LogP contribution is -2.25. The summed E-state index contributed by atoms with van der Waals surface area (Å²) in [6, 6.07) is 11.4. The van der Waals surface area contributed by atoms with Crippen LogP contribution in [0.5, 0.6) is 5.75 Å². The quantitative estimate of drug-likeness (QED) is 0.854. The Morgan fingerprint density at radius 1 is 1.14 bits per heavy atom. The molecule has 1 amide bonds. The lowest BCUT2D eigenvalue weighted by molar-refractivity contribution is 0.0954. The Labute approximate surface area is 131 Å². The molecule has 4 heteroatoms. The van der Waals surface area contributed by atoms with Crippen LogP contribution in [0.2, 0.25) is 0 Å². The number of hydrogen-bond acceptors (Lipinski definition) is 3. The third-order valence-corrected chi connectivity index (χ3v) is 3.15. The summed E-state index contributed by atoms with van der Waals surface area (Å²) in [6.07, 6.45) is 4.02. The largest absolute Gasteiger partial charge is 0.493 e. The minimum atomic E-state index is -0.0701. The molecular formula is C18H22N2O2.